The first-order chi connectivity index (χ1) is 8.69. The maximum Gasteiger partial charge on any atom is 0.222 e. The van der Waals surface area contributed by atoms with Gasteiger partial charge < -0.3 is 10.5 Å². The van der Waals surface area contributed by atoms with Crippen LogP contribution in [0.2, 0.25) is 0 Å². The summed E-state index contributed by atoms with van der Waals surface area (Å²) < 4.78 is 7.74. The fourth-order valence-corrected chi connectivity index (χ4v) is 2.30. The molecule has 3 heterocycles. The molecule has 6 nitrogen and oxygen atoms in total. The van der Waals surface area contributed by atoms with Crippen LogP contribution in [0.1, 0.15) is 31.7 Å². The van der Waals surface area contributed by atoms with Crippen LogP contribution in [0.15, 0.2) is 12.9 Å². The number of fused-ring (bicyclic) bond motifs is 1. The van der Waals surface area contributed by atoms with Crippen LogP contribution in [0, 0.1) is 0 Å². The molecule has 0 spiro atoms. The molecule has 94 valence electrons. The van der Waals surface area contributed by atoms with Gasteiger partial charge in [-0.05, 0) is 25.8 Å². The molecular weight excluding hydrogens is 230 g/mol. The predicted octanol–water partition coefficient (Wildman–Crippen LogP) is 1.75. The van der Waals surface area contributed by atoms with Gasteiger partial charge in [-0.25, -0.2) is 9.97 Å². The standard InChI is InChI=1S/C12H15N5O/c1-3-8-10-11(16-12(13)15-8)17(6-14-10)9-5-4-7(2)18-9/h3,6-7,9H,1,4-5H2,2H3,(H2,13,15,16). The summed E-state index contributed by atoms with van der Waals surface area (Å²) in [6.45, 7) is 5.78. The second-order valence-corrected chi connectivity index (χ2v) is 4.47. The SMILES string of the molecule is C=Cc1nc(N)nc2c1ncn2C1CCC(C)O1. The van der Waals surface area contributed by atoms with Gasteiger partial charge in [0.15, 0.2) is 5.65 Å². The van der Waals surface area contributed by atoms with Crippen LogP contribution in [0.25, 0.3) is 17.2 Å². The average molecular weight is 245 g/mol. The van der Waals surface area contributed by atoms with Crippen molar-refractivity contribution in [3.63, 3.8) is 0 Å². The fourth-order valence-electron chi connectivity index (χ4n) is 2.30. The number of aromatic nitrogens is 4. The molecule has 0 aliphatic carbocycles. The first-order valence-corrected chi connectivity index (χ1v) is 5.97. The molecule has 1 aliphatic heterocycles. The van der Waals surface area contributed by atoms with E-state index in [0.717, 1.165) is 12.8 Å². The predicted molar refractivity (Wildman–Crippen MR) is 68.6 cm³/mol. The zero-order valence-electron chi connectivity index (χ0n) is 10.2. The second-order valence-electron chi connectivity index (χ2n) is 4.47. The smallest absolute Gasteiger partial charge is 0.222 e. The van der Waals surface area contributed by atoms with Crippen molar-refractivity contribution < 1.29 is 4.74 Å². The van der Waals surface area contributed by atoms with Gasteiger partial charge in [0.25, 0.3) is 0 Å². The minimum Gasteiger partial charge on any atom is -0.368 e. The lowest BCUT2D eigenvalue weighted by atomic mass is 10.2. The Kier molecular flexibility index (Phi) is 2.52. The number of hydrogen-bond acceptors (Lipinski definition) is 5. The summed E-state index contributed by atoms with van der Waals surface area (Å²) in [6, 6.07) is 0. The van der Waals surface area contributed by atoms with E-state index in [9.17, 15) is 0 Å². The molecule has 2 atom stereocenters. The topological polar surface area (TPSA) is 78.9 Å². The largest absolute Gasteiger partial charge is 0.368 e. The molecule has 3 rings (SSSR count). The number of imidazole rings is 1. The van der Waals surface area contributed by atoms with Crippen LogP contribution >= 0.6 is 0 Å². The van der Waals surface area contributed by atoms with Crippen LogP contribution in [-0.4, -0.2) is 25.6 Å². The molecule has 18 heavy (non-hydrogen) atoms. The minimum absolute atomic E-state index is 0.0167. The molecule has 1 saturated heterocycles. The number of hydrogen-bond donors (Lipinski definition) is 1. The van der Waals surface area contributed by atoms with E-state index in [1.807, 2.05) is 4.57 Å². The van der Waals surface area contributed by atoms with Gasteiger partial charge in [-0.15, -0.1) is 0 Å². The summed E-state index contributed by atoms with van der Waals surface area (Å²) in [4.78, 5) is 12.7. The Labute approximate surface area is 105 Å². The van der Waals surface area contributed by atoms with Crippen molar-refractivity contribution in [3.8, 4) is 0 Å². The Bertz CT molecular complexity index is 606. The molecule has 6 heteroatoms. The zero-order chi connectivity index (χ0) is 12.7. The highest BCUT2D eigenvalue weighted by molar-refractivity contribution is 5.80. The number of nitrogens with two attached hydrogens (primary N) is 1. The Hall–Kier alpha value is -1.95. The molecular formula is C12H15N5O. The Balaban J connectivity index is 2.14. The summed E-state index contributed by atoms with van der Waals surface area (Å²) in [5.41, 5.74) is 7.77. The third-order valence-corrected chi connectivity index (χ3v) is 3.18. The number of nitrogen functional groups attached to an aromatic ring is 1. The third kappa shape index (κ3) is 1.65. The molecule has 2 aromatic rings. The quantitative estimate of drug-likeness (QED) is 0.872. The van der Waals surface area contributed by atoms with Gasteiger partial charge in [-0.2, -0.15) is 4.98 Å². The summed E-state index contributed by atoms with van der Waals surface area (Å²) in [6.07, 6.45) is 5.62. The third-order valence-electron chi connectivity index (χ3n) is 3.18. The maximum absolute atomic E-state index is 5.82. The number of ether oxygens (including phenoxy) is 1. The monoisotopic (exact) mass is 245 g/mol. The second kappa shape index (κ2) is 4.06. The van der Waals surface area contributed by atoms with Crippen molar-refractivity contribution in [2.24, 2.45) is 0 Å². The van der Waals surface area contributed by atoms with E-state index in [-0.39, 0.29) is 18.3 Å². The van der Waals surface area contributed by atoms with Crippen molar-refractivity contribution >= 4 is 23.2 Å². The van der Waals surface area contributed by atoms with Crippen molar-refractivity contribution in [2.45, 2.75) is 32.1 Å². The van der Waals surface area contributed by atoms with Crippen LogP contribution in [-0.2, 0) is 4.74 Å². The van der Waals surface area contributed by atoms with Crippen LogP contribution in [0.5, 0.6) is 0 Å². The molecule has 0 bridgehead atoms. The van der Waals surface area contributed by atoms with Gasteiger partial charge in [0.05, 0.1) is 18.1 Å². The molecule has 2 aromatic heterocycles. The first-order valence-electron chi connectivity index (χ1n) is 5.97. The highest BCUT2D eigenvalue weighted by Crippen LogP contribution is 2.30. The Morgan fingerprint density at radius 1 is 1.50 bits per heavy atom. The molecule has 0 radical (unpaired) electrons. The molecule has 0 amide bonds. The van der Waals surface area contributed by atoms with E-state index in [2.05, 4.69) is 28.5 Å². The van der Waals surface area contributed by atoms with Gasteiger partial charge >= 0.3 is 0 Å². The van der Waals surface area contributed by atoms with E-state index in [1.165, 1.54) is 0 Å². The number of nitrogens with zero attached hydrogens (tertiary/aromatic N) is 4. The van der Waals surface area contributed by atoms with Crippen LogP contribution < -0.4 is 5.73 Å². The van der Waals surface area contributed by atoms with Crippen molar-refractivity contribution in [1.29, 1.82) is 0 Å². The van der Waals surface area contributed by atoms with Gasteiger partial charge in [-0.1, -0.05) is 6.58 Å². The zero-order valence-corrected chi connectivity index (χ0v) is 10.2. The van der Waals surface area contributed by atoms with Crippen LogP contribution in [0.4, 0.5) is 5.95 Å². The highest BCUT2D eigenvalue weighted by Gasteiger charge is 2.25. The average Bonchev–Trinajstić information content (AvgIpc) is 2.93. The molecule has 0 aromatic carbocycles. The van der Waals surface area contributed by atoms with Gasteiger partial charge in [0, 0.05) is 0 Å². The minimum atomic E-state index is -0.0167. The van der Waals surface area contributed by atoms with Gasteiger partial charge in [0.2, 0.25) is 5.95 Å². The van der Waals surface area contributed by atoms with E-state index in [4.69, 9.17) is 10.5 Å². The van der Waals surface area contributed by atoms with Crippen molar-refractivity contribution in [3.05, 3.63) is 18.6 Å². The Morgan fingerprint density at radius 3 is 3.00 bits per heavy atom. The van der Waals surface area contributed by atoms with E-state index in [1.54, 1.807) is 12.4 Å². The lowest BCUT2D eigenvalue weighted by Gasteiger charge is -2.13. The van der Waals surface area contributed by atoms with Crippen molar-refractivity contribution in [1.82, 2.24) is 19.5 Å². The fraction of sp³-hybridized carbons (Fsp3) is 0.417. The summed E-state index contributed by atoms with van der Waals surface area (Å²) in [7, 11) is 0. The first kappa shape index (κ1) is 11.2. The normalized spacial score (nSPS) is 23.6. The van der Waals surface area contributed by atoms with E-state index >= 15 is 0 Å². The van der Waals surface area contributed by atoms with Gasteiger partial charge in [-0.3, -0.25) is 4.57 Å². The summed E-state index contributed by atoms with van der Waals surface area (Å²) >= 11 is 0. The summed E-state index contributed by atoms with van der Waals surface area (Å²) in [5, 5.41) is 0. The number of rotatable bonds is 2. The summed E-state index contributed by atoms with van der Waals surface area (Å²) in [5.74, 6) is 0.227. The lowest BCUT2D eigenvalue weighted by Crippen LogP contribution is -2.09. The van der Waals surface area contributed by atoms with Crippen LogP contribution in [0.3, 0.4) is 0 Å². The van der Waals surface area contributed by atoms with Crippen molar-refractivity contribution in [2.75, 3.05) is 5.73 Å². The van der Waals surface area contributed by atoms with Gasteiger partial charge in [0.1, 0.15) is 11.7 Å². The molecule has 0 saturated carbocycles. The number of anilines is 1. The molecule has 2 N–H and O–H groups in total. The highest BCUT2D eigenvalue weighted by atomic mass is 16.5. The molecule has 1 fully saturated rings. The molecule has 1 aliphatic rings. The maximum atomic E-state index is 5.82. The Morgan fingerprint density at radius 2 is 2.33 bits per heavy atom. The molecule has 2 unspecified atom stereocenters. The lowest BCUT2D eigenvalue weighted by molar-refractivity contribution is 0.0132. The van der Waals surface area contributed by atoms with E-state index < -0.39 is 0 Å². The van der Waals surface area contributed by atoms with E-state index in [0.29, 0.717) is 16.9 Å².